The summed E-state index contributed by atoms with van der Waals surface area (Å²) in [4.78, 5) is 19.8. The number of benzene rings is 1. The molecule has 0 aliphatic carbocycles. The smallest absolute Gasteiger partial charge is 0.255 e. The van der Waals surface area contributed by atoms with Crippen LogP contribution in [0.15, 0.2) is 53.4 Å². The van der Waals surface area contributed by atoms with Crippen molar-refractivity contribution in [2.24, 2.45) is 7.05 Å². The second kappa shape index (κ2) is 8.61. The highest BCUT2D eigenvalue weighted by Crippen LogP contribution is 2.23. The van der Waals surface area contributed by atoms with Gasteiger partial charge in [-0.2, -0.15) is 0 Å². The number of nitrogens with one attached hydrogen (secondary N) is 1. The zero-order valence-corrected chi connectivity index (χ0v) is 16.5. The summed E-state index contributed by atoms with van der Waals surface area (Å²) in [5.41, 5.74) is 1.28. The number of aromatic nitrogens is 2. The topological polar surface area (TPSA) is 63.3 Å². The third-order valence-corrected chi connectivity index (χ3v) is 5.40. The number of rotatable bonds is 6. The molecular formula is C22H25FN4O2. The molecule has 6 nitrogen and oxygen atoms in total. The van der Waals surface area contributed by atoms with Gasteiger partial charge in [-0.3, -0.25) is 9.69 Å². The molecule has 1 aromatic carbocycles. The number of halogens is 1. The number of nitrogens with zero attached hydrogens (tertiary/aromatic N) is 3. The van der Waals surface area contributed by atoms with E-state index in [1.807, 2.05) is 17.8 Å². The number of carbonyl (C=O) groups excluding carboxylic acids is 1. The normalized spacial score (nSPS) is 15.9. The standard InChI is InChI=1S/C22H25FN4O2/c1-26-13-10-24-21(26)20(16-5-7-17(23)8-6-16)25-22(28)18-9-14-29-19(18)15-27-11-3-2-4-12-27/h5-10,13-14,20H,2-4,11-12,15H2,1H3,(H,25,28)/t20-/m0/s1. The van der Waals surface area contributed by atoms with Crippen LogP contribution in [0.1, 0.15) is 52.8 Å². The lowest BCUT2D eigenvalue weighted by Gasteiger charge is -2.25. The summed E-state index contributed by atoms with van der Waals surface area (Å²) in [5, 5.41) is 3.05. The highest BCUT2D eigenvalue weighted by molar-refractivity contribution is 5.95. The summed E-state index contributed by atoms with van der Waals surface area (Å²) in [6, 6.07) is 7.31. The Morgan fingerprint density at radius 3 is 2.66 bits per heavy atom. The first kappa shape index (κ1) is 19.4. The largest absolute Gasteiger partial charge is 0.467 e. The van der Waals surface area contributed by atoms with Crippen molar-refractivity contribution in [2.75, 3.05) is 13.1 Å². The van der Waals surface area contributed by atoms with E-state index in [2.05, 4.69) is 15.2 Å². The maximum atomic E-state index is 13.4. The third kappa shape index (κ3) is 4.40. The molecule has 29 heavy (non-hydrogen) atoms. The molecule has 1 saturated heterocycles. The number of carbonyl (C=O) groups is 1. The maximum Gasteiger partial charge on any atom is 0.255 e. The Bertz CT molecular complexity index is 957. The number of hydrogen-bond donors (Lipinski definition) is 1. The van der Waals surface area contributed by atoms with Crippen molar-refractivity contribution in [3.8, 4) is 0 Å². The average molecular weight is 396 g/mol. The SMILES string of the molecule is Cn1ccnc1[C@@H](NC(=O)c1ccoc1CN1CCCCC1)c1ccc(F)cc1. The van der Waals surface area contributed by atoms with Gasteiger partial charge in [0.15, 0.2) is 0 Å². The lowest BCUT2D eigenvalue weighted by atomic mass is 10.0. The fraction of sp³-hybridized carbons (Fsp3) is 0.364. The van der Waals surface area contributed by atoms with E-state index in [1.54, 1.807) is 30.7 Å². The Morgan fingerprint density at radius 2 is 1.97 bits per heavy atom. The van der Waals surface area contributed by atoms with Gasteiger partial charge in [-0.15, -0.1) is 0 Å². The van der Waals surface area contributed by atoms with Crippen LogP contribution in [0.25, 0.3) is 0 Å². The number of likely N-dealkylation sites (tertiary alicyclic amines) is 1. The lowest BCUT2D eigenvalue weighted by Crippen LogP contribution is -2.33. The van der Waals surface area contributed by atoms with Gasteiger partial charge in [0, 0.05) is 19.4 Å². The first-order valence-electron chi connectivity index (χ1n) is 9.94. The second-order valence-corrected chi connectivity index (χ2v) is 7.45. The molecule has 1 N–H and O–H groups in total. The fourth-order valence-corrected chi connectivity index (χ4v) is 3.80. The van der Waals surface area contributed by atoms with Gasteiger partial charge < -0.3 is 14.3 Å². The summed E-state index contributed by atoms with van der Waals surface area (Å²) in [5.74, 6) is 0.786. The van der Waals surface area contributed by atoms with Crippen LogP contribution in [0.3, 0.4) is 0 Å². The van der Waals surface area contributed by atoms with Crippen molar-refractivity contribution in [1.29, 1.82) is 0 Å². The Morgan fingerprint density at radius 1 is 1.21 bits per heavy atom. The van der Waals surface area contributed by atoms with Gasteiger partial charge >= 0.3 is 0 Å². The third-order valence-electron chi connectivity index (χ3n) is 5.40. The maximum absolute atomic E-state index is 13.4. The van der Waals surface area contributed by atoms with Crippen LogP contribution in [0, 0.1) is 5.82 Å². The van der Waals surface area contributed by atoms with Crippen molar-refractivity contribution in [1.82, 2.24) is 19.8 Å². The Hall–Kier alpha value is -2.93. The predicted molar refractivity (Wildman–Crippen MR) is 107 cm³/mol. The van der Waals surface area contributed by atoms with Crippen LogP contribution in [0.2, 0.25) is 0 Å². The van der Waals surface area contributed by atoms with Crippen molar-refractivity contribution in [3.63, 3.8) is 0 Å². The van der Waals surface area contributed by atoms with Crippen LogP contribution < -0.4 is 5.32 Å². The molecule has 1 amide bonds. The molecule has 3 aromatic rings. The van der Waals surface area contributed by atoms with Crippen LogP contribution >= 0.6 is 0 Å². The minimum Gasteiger partial charge on any atom is -0.467 e. The van der Waals surface area contributed by atoms with E-state index < -0.39 is 6.04 Å². The molecule has 7 heteroatoms. The summed E-state index contributed by atoms with van der Waals surface area (Å²) in [6.45, 7) is 2.67. The summed E-state index contributed by atoms with van der Waals surface area (Å²) in [6.07, 6.45) is 8.66. The number of hydrogen-bond acceptors (Lipinski definition) is 4. The van der Waals surface area contributed by atoms with Gasteiger partial charge in [-0.25, -0.2) is 9.37 Å². The molecule has 1 atom stereocenters. The predicted octanol–water partition coefficient (Wildman–Crippen LogP) is 3.66. The van der Waals surface area contributed by atoms with E-state index in [4.69, 9.17) is 4.42 Å². The van der Waals surface area contributed by atoms with Crippen LogP contribution in [-0.2, 0) is 13.6 Å². The molecule has 152 valence electrons. The number of piperidine rings is 1. The molecule has 1 aliphatic rings. The number of imidazole rings is 1. The molecule has 0 saturated carbocycles. The molecule has 0 radical (unpaired) electrons. The van der Waals surface area contributed by atoms with Gasteiger partial charge in [-0.1, -0.05) is 18.6 Å². The monoisotopic (exact) mass is 396 g/mol. The number of furan rings is 1. The summed E-state index contributed by atoms with van der Waals surface area (Å²) in [7, 11) is 1.87. The molecule has 0 spiro atoms. The zero-order valence-electron chi connectivity index (χ0n) is 16.5. The van der Waals surface area contributed by atoms with Crippen molar-refractivity contribution >= 4 is 5.91 Å². The van der Waals surface area contributed by atoms with E-state index in [0.29, 0.717) is 23.7 Å². The van der Waals surface area contributed by atoms with Crippen molar-refractivity contribution < 1.29 is 13.6 Å². The molecule has 4 rings (SSSR count). The van der Waals surface area contributed by atoms with Crippen LogP contribution in [0.4, 0.5) is 4.39 Å². The first-order chi connectivity index (χ1) is 14.1. The number of amides is 1. The highest BCUT2D eigenvalue weighted by Gasteiger charge is 2.25. The molecule has 0 unspecified atom stereocenters. The zero-order chi connectivity index (χ0) is 20.2. The van der Waals surface area contributed by atoms with Crippen LogP contribution in [0.5, 0.6) is 0 Å². The van der Waals surface area contributed by atoms with Gasteiger partial charge in [0.2, 0.25) is 0 Å². The fourth-order valence-electron chi connectivity index (χ4n) is 3.80. The molecule has 2 aromatic heterocycles. The molecular weight excluding hydrogens is 371 g/mol. The van der Waals surface area contributed by atoms with Gasteiger partial charge in [-0.05, 0) is 49.7 Å². The van der Waals surface area contributed by atoms with Crippen LogP contribution in [-0.4, -0.2) is 33.4 Å². The molecule has 0 bridgehead atoms. The second-order valence-electron chi connectivity index (χ2n) is 7.45. The van der Waals surface area contributed by atoms with Gasteiger partial charge in [0.05, 0.1) is 18.4 Å². The summed E-state index contributed by atoms with van der Waals surface area (Å²) >= 11 is 0. The van der Waals surface area contributed by atoms with E-state index in [9.17, 15) is 9.18 Å². The average Bonchev–Trinajstić information content (AvgIpc) is 3.36. The lowest BCUT2D eigenvalue weighted by molar-refractivity contribution is 0.0936. The first-order valence-corrected chi connectivity index (χ1v) is 9.94. The van der Waals surface area contributed by atoms with Crippen molar-refractivity contribution in [3.05, 3.63) is 77.5 Å². The quantitative estimate of drug-likeness (QED) is 0.691. The van der Waals surface area contributed by atoms with Crippen molar-refractivity contribution in [2.45, 2.75) is 31.8 Å². The van der Waals surface area contributed by atoms with Gasteiger partial charge in [0.25, 0.3) is 5.91 Å². The molecule has 1 aliphatic heterocycles. The highest BCUT2D eigenvalue weighted by atomic mass is 19.1. The summed E-state index contributed by atoms with van der Waals surface area (Å²) < 4.78 is 20.9. The van der Waals surface area contributed by atoms with Gasteiger partial charge in [0.1, 0.15) is 23.4 Å². The van der Waals surface area contributed by atoms with E-state index >= 15 is 0 Å². The molecule has 1 fully saturated rings. The van der Waals surface area contributed by atoms with E-state index in [0.717, 1.165) is 18.7 Å². The Kier molecular flexibility index (Phi) is 5.76. The minimum absolute atomic E-state index is 0.233. The van der Waals surface area contributed by atoms with E-state index in [1.165, 1.54) is 31.4 Å². The Balaban J connectivity index is 1.57. The van der Waals surface area contributed by atoms with E-state index in [-0.39, 0.29) is 11.7 Å². The number of aryl methyl sites for hydroxylation is 1. The minimum atomic E-state index is -0.499. The molecule has 3 heterocycles. The Labute approximate surface area is 169 Å².